The molecule has 0 bridgehead atoms. The van der Waals surface area contributed by atoms with Crippen LogP contribution in [0.5, 0.6) is 5.88 Å². The molecule has 0 aliphatic heterocycles. The molecule has 0 saturated heterocycles. The zero-order chi connectivity index (χ0) is 14.5. The van der Waals surface area contributed by atoms with Crippen molar-refractivity contribution in [3.8, 4) is 5.88 Å². The summed E-state index contributed by atoms with van der Waals surface area (Å²) in [7, 11) is 0. The fourth-order valence-corrected chi connectivity index (χ4v) is 2.12. The van der Waals surface area contributed by atoms with E-state index in [1.165, 1.54) is 6.33 Å². The number of aliphatic hydroxyl groups is 1. The summed E-state index contributed by atoms with van der Waals surface area (Å²) < 4.78 is 5.42. The molecular weight excluding hydrogens is 242 g/mol. The quantitative estimate of drug-likeness (QED) is 0.794. The number of nitrogens with zero attached hydrogens (tertiary/aromatic N) is 2. The highest BCUT2D eigenvalue weighted by Gasteiger charge is 2.22. The van der Waals surface area contributed by atoms with Crippen molar-refractivity contribution in [3.63, 3.8) is 0 Å². The molecular formula is C14H25N3O2. The topological polar surface area (TPSA) is 67.3 Å². The summed E-state index contributed by atoms with van der Waals surface area (Å²) >= 11 is 0. The van der Waals surface area contributed by atoms with Gasteiger partial charge in [0.1, 0.15) is 12.1 Å². The molecule has 5 nitrogen and oxygen atoms in total. The molecule has 19 heavy (non-hydrogen) atoms. The number of hydrogen-bond donors (Lipinski definition) is 2. The van der Waals surface area contributed by atoms with Crippen molar-refractivity contribution >= 4 is 5.82 Å². The predicted octanol–water partition coefficient (Wildman–Crippen LogP) is 2.39. The third-order valence-electron chi connectivity index (χ3n) is 2.80. The lowest BCUT2D eigenvalue weighted by Gasteiger charge is -2.26. The van der Waals surface area contributed by atoms with Crippen LogP contribution in [0.15, 0.2) is 6.33 Å². The normalized spacial score (nSPS) is 14.3. The van der Waals surface area contributed by atoms with Gasteiger partial charge in [-0.15, -0.1) is 0 Å². The summed E-state index contributed by atoms with van der Waals surface area (Å²) in [4.78, 5) is 8.28. The molecule has 1 rings (SSSR count). The van der Waals surface area contributed by atoms with Crippen LogP contribution in [0.25, 0.3) is 0 Å². The number of hydrogen-bond acceptors (Lipinski definition) is 5. The van der Waals surface area contributed by atoms with Gasteiger partial charge in [-0.1, -0.05) is 13.8 Å². The Morgan fingerprint density at radius 1 is 1.42 bits per heavy atom. The second kappa shape index (κ2) is 6.70. The van der Waals surface area contributed by atoms with Gasteiger partial charge >= 0.3 is 0 Å². The highest BCUT2D eigenvalue weighted by Crippen LogP contribution is 2.22. The summed E-state index contributed by atoms with van der Waals surface area (Å²) in [5, 5.41) is 13.4. The number of nitrogens with one attached hydrogen (secondary N) is 1. The second-order valence-corrected chi connectivity index (χ2v) is 5.53. The lowest BCUT2D eigenvalue weighted by molar-refractivity contribution is 0.0514. The molecule has 0 aliphatic rings. The molecule has 5 heteroatoms. The maximum Gasteiger partial charge on any atom is 0.221 e. The SMILES string of the molecule is CCOc1ncnc(NCC(C)(O)CC(C)C)c1C. The monoisotopic (exact) mass is 267 g/mol. The molecule has 1 aromatic heterocycles. The molecule has 1 atom stereocenters. The van der Waals surface area contributed by atoms with E-state index in [4.69, 9.17) is 4.74 Å². The average molecular weight is 267 g/mol. The number of rotatable bonds is 7. The number of anilines is 1. The summed E-state index contributed by atoms with van der Waals surface area (Å²) in [6.45, 7) is 10.9. The molecule has 0 saturated carbocycles. The minimum absolute atomic E-state index is 0.447. The fraction of sp³-hybridized carbons (Fsp3) is 0.714. The average Bonchev–Trinajstić information content (AvgIpc) is 2.29. The smallest absolute Gasteiger partial charge is 0.221 e. The Morgan fingerprint density at radius 3 is 2.68 bits per heavy atom. The van der Waals surface area contributed by atoms with Gasteiger partial charge in [-0.05, 0) is 33.1 Å². The maximum absolute atomic E-state index is 10.3. The van der Waals surface area contributed by atoms with Crippen molar-refractivity contribution in [2.45, 2.75) is 46.6 Å². The lowest BCUT2D eigenvalue weighted by atomic mass is 9.94. The van der Waals surface area contributed by atoms with Gasteiger partial charge in [0.15, 0.2) is 0 Å². The Hall–Kier alpha value is -1.36. The molecule has 1 heterocycles. The third kappa shape index (κ3) is 5.03. The Labute approximate surface area is 115 Å². The summed E-state index contributed by atoms with van der Waals surface area (Å²) in [6, 6.07) is 0. The highest BCUT2D eigenvalue weighted by molar-refractivity contribution is 5.47. The van der Waals surface area contributed by atoms with Crippen LogP contribution in [0.1, 0.15) is 39.7 Å². The first kappa shape index (κ1) is 15.7. The Morgan fingerprint density at radius 2 is 2.11 bits per heavy atom. The minimum Gasteiger partial charge on any atom is -0.478 e. The molecule has 0 spiro atoms. The van der Waals surface area contributed by atoms with Gasteiger partial charge < -0.3 is 15.2 Å². The van der Waals surface area contributed by atoms with Gasteiger partial charge in [0.2, 0.25) is 5.88 Å². The number of aromatic nitrogens is 2. The van der Waals surface area contributed by atoms with E-state index in [1.807, 2.05) is 20.8 Å². The van der Waals surface area contributed by atoms with E-state index in [0.29, 0.717) is 30.8 Å². The summed E-state index contributed by atoms with van der Waals surface area (Å²) in [5.41, 5.74) is 0.113. The van der Waals surface area contributed by atoms with E-state index >= 15 is 0 Å². The molecule has 0 amide bonds. The summed E-state index contributed by atoms with van der Waals surface area (Å²) in [5.74, 6) is 1.74. The van der Waals surface area contributed by atoms with Crippen LogP contribution in [0.4, 0.5) is 5.82 Å². The van der Waals surface area contributed by atoms with Crippen molar-refractivity contribution in [2.24, 2.45) is 5.92 Å². The van der Waals surface area contributed by atoms with Gasteiger partial charge in [0.25, 0.3) is 0 Å². The van der Waals surface area contributed by atoms with E-state index in [1.54, 1.807) is 0 Å². The summed E-state index contributed by atoms with van der Waals surface area (Å²) in [6.07, 6.45) is 2.21. The van der Waals surface area contributed by atoms with E-state index in [9.17, 15) is 5.11 Å². The maximum atomic E-state index is 10.3. The molecule has 1 unspecified atom stereocenters. The van der Waals surface area contributed by atoms with Gasteiger partial charge in [0, 0.05) is 6.54 Å². The molecule has 0 aromatic carbocycles. The molecule has 0 radical (unpaired) electrons. The van der Waals surface area contributed by atoms with Gasteiger partial charge in [-0.3, -0.25) is 0 Å². The van der Waals surface area contributed by atoms with Crippen LogP contribution in [-0.4, -0.2) is 33.8 Å². The van der Waals surface area contributed by atoms with Crippen LogP contribution >= 0.6 is 0 Å². The zero-order valence-corrected chi connectivity index (χ0v) is 12.5. The Balaban J connectivity index is 2.70. The molecule has 0 fully saturated rings. The van der Waals surface area contributed by atoms with Gasteiger partial charge in [-0.2, -0.15) is 0 Å². The van der Waals surface area contributed by atoms with Gasteiger partial charge in [-0.25, -0.2) is 9.97 Å². The van der Waals surface area contributed by atoms with Crippen molar-refractivity contribution in [1.29, 1.82) is 0 Å². The van der Waals surface area contributed by atoms with Crippen LogP contribution in [0.2, 0.25) is 0 Å². The largest absolute Gasteiger partial charge is 0.478 e. The third-order valence-corrected chi connectivity index (χ3v) is 2.80. The van der Waals surface area contributed by atoms with Crippen molar-refractivity contribution in [2.75, 3.05) is 18.5 Å². The fourth-order valence-electron chi connectivity index (χ4n) is 2.12. The van der Waals surface area contributed by atoms with Gasteiger partial charge in [0.05, 0.1) is 17.8 Å². The first-order valence-corrected chi connectivity index (χ1v) is 6.76. The molecule has 1 aromatic rings. The first-order chi connectivity index (χ1) is 8.85. The van der Waals surface area contributed by atoms with Crippen LogP contribution in [-0.2, 0) is 0 Å². The van der Waals surface area contributed by atoms with Crippen molar-refractivity contribution < 1.29 is 9.84 Å². The number of ether oxygens (including phenoxy) is 1. The molecule has 2 N–H and O–H groups in total. The predicted molar refractivity (Wildman–Crippen MR) is 76.5 cm³/mol. The molecule has 108 valence electrons. The second-order valence-electron chi connectivity index (χ2n) is 5.53. The van der Waals surface area contributed by atoms with Crippen LogP contribution in [0.3, 0.4) is 0 Å². The zero-order valence-electron chi connectivity index (χ0n) is 12.5. The van der Waals surface area contributed by atoms with E-state index in [-0.39, 0.29) is 0 Å². The Kier molecular flexibility index (Phi) is 5.54. The van der Waals surface area contributed by atoms with E-state index < -0.39 is 5.60 Å². The lowest BCUT2D eigenvalue weighted by Crippen LogP contribution is -2.35. The Bertz CT molecular complexity index is 406. The minimum atomic E-state index is -0.753. The van der Waals surface area contributed by atoms with E-state index in [0.717, 1.165) is 12.0 Å². The van der Waals surface area contributed by atoms with Crippen molar-refractivity contribution in [1.82, 2.24) is 9.97 Å². The molecule has 0 aliphatic carbocycles. The van der Waals surface area contributed by atoms with E-state index in [2.05, 4.69) is 29.1 Å². The first-order valence-electron chi connectivity index (χ1n) is 6.76. The highest BCUT2D eigenvalue weighted by atomic mass is 16.5. The van der Waals surface area contributed by atoms with Crippen molar-refractivity contribution in [3.05, 3.63) is 11.9 Å². The van der Waals surface area contributed by atoms with Crippen LogP contribution < -0.4 is 10.1 Å². The standard InChI is InChI=1S/C14H25N3O2/c1-6-19-13-11(4)12(16-9-17-13)15-8-14(5,18)7-10(2)3/h9-10,18H,6-8H2,1-5H3,(H,15,16,17). The van der Waals surface area contributed by atoms with Crippen LogP contribution in [0, 0.1) is 12.8 Å².